The van der Waals surface area contributed by atoms with Gasteiger partial charge in [0, 0.05) is 25.4 Å². The third-order valence-corrected chi connectivity index (χ3v) is 4.54. The fourth-order valence-corrected chi connectivity index (χ4v) is 3.20. The number of rotatable bonds is 6. The Hall–Kier alpha value is -2.34. The van der Waals surface area contributed by atoms with Crippen molar-refractivity contribution in [1.82, 2.24) is 20.0 Å². The van der Waals surface area contributed by atoms with Crippen LogP contribution in [0.1, 0.15) is 12.8 Å². The standard InChI is InChI=1S/C19H26N4O2/c1-22-9-4-6-16(13-22)19(24)20-8-10-25-18-7-3-5-15(11-18)17-12-21-23(2)14-17/h3,5,7,11-12,14,16H,4,6,8-10,13H2,1-2H3,(H,20,24). The van der Waals surface area contributed by atoms with E-state index in [2.05, 4.69) is 22.4 Å². The van der Waals surface area contributed by atoms with E-state index in [1.54, 1.807) is 4.68 Å². The summed E-state index contributed by atoms with van der Waals surface area (Å²) in [5.74, 6) is 1.04. The largest absolute Gasteiger partial charge is 0.492 e. The highest BCUT2D eigenvalue weighted by Gasteiger charge is 2.23. The van der Waals surface area contributed by atoms with E-state index in [9.17, 15) is 4.79 Å². The molecule has 3 rings (SSSR count). The minimum absolute atomic E-state index is 0.104. The quantitative estimate of drug-likeness (QED) is 0.815. The van der Waals surface area contributed by atoms with Gasteiger partial charge in [-0.1, -0.05) is 12.1 Å². The Labute approximate surface area is 148 Å². The first-order chi connectivity index (χ1) is 12.1. The molecular weight excluding hydrogens is 316 g/mol. The van der Waals surface area contributed by atoms with Crippen molar-refractivity contribution in [2.75, 3.05) is 33.3 Å². The van der Waals surface area contributed by atoms with E-state index >= 15 is 0 Å². The first-order valence-corrected chi connectivity index (χ1v) is 8.80. The molecule has 1 aromatic heterocycles. The molecule has 1 atom stereocenters. The van der Waals surface area contributed by atoms with Gasteiger partial charge in [-0.3, -0.25) is 9.48 Å². The fourth-order valence-electron chi connectivity index (χ4n) is 3.20. The highest BCUT2D eigenvalue weighted by Crippen LogP contribution is 2.23. The van der Waals surface area contributed by atoms with Crippen molar-refractivity contribution in [3.8, 4) is 16.9 Å². The second-order valence-electron chi connectivity index (χ2n) is 6.67. The Balaban J connectivity index is 1.45. The van der Waals surface area contributed by atoms with Gasteiger partial charge in [0.2, 0.25) is 5.91 Å². The lowest BCUT2D eigenvalue weighted by Gasteiger charge is -2.28. The monoisotopic (exact) mass is 342 g/mol. The van der Waals surface area contributed by atoms with Crippen LogP contribution in [0.2, 0.25) is 0 Å². The molecule has 25 heavy (non-hydrogen) atoms. The SMILES string of the molecule is CN1CCCC(C(=O)NCCOc2cccc(-c3cnn(C)c3)c2)C1. The number of likely N-dealkylation sites (tertiary alicyclic amines) is 1. The molecule has 134 valence electrons. The molecule has 2 aromatic rings. The molecular formula is C19H26N4O2. The molecule has 1 N–H and O–H groups in total. The molecule has 1 aromatic carbocycles. The van der Waals surface area contributed by atoms with E-state index < -0.39 is 0 Å². The van der Waals surface area contributed by atoms with Crippen LogP contribution in [0.3, 0.4) is 0 Å². The number of nitrogens with zero attached hydrogens (tertiary/aromatic N) is 3. The molecule has 1 saturated heterocycles. The lowest BCUT2D eigenvalue weighted by Crippen LogP contribution is -2.42. The maximum absolute atomic E-state index is 12.2. The molecule has 0 spiro atoms. The molecule has 6 nitrogen and oxygen atoms in total. The van der Waals surface area contributed by atoms with Crippen LogP contribution in [0.4, 0.5) is 0 Å². The predicted octanol–water partition coefficient (Wildman–Crippen LogP) is 1.92. The first-order valence-electron chi connectivity index (χ1n) is 8.80. The Kier molecular flexibility index (Phi) is 5.71. The lowest BCUT2D eigenvalue weighted by molar-refractivity contribution is -0.126. The number of carbonyl (C=O) groups is 1. The van der Waals surface area contributed by atoms with E-state index in [1.807, 2.05) is 43.7 Å². The maximum Gasteiger partial charge on any atom is 0.224 e. The number of hydrogen-bond donors (Lipinski definition) is 1. The molecule has 2 heterocycles. The molecule has 0 radical (unpaired) electrons. The van der Waals surface area contributed by atoms with Crippen LogP contribution in [-0.2, 0) is 11.8 Å². The molecule has 0 saturated carbocycles. The first kappa shape index (κ1) is 17.5. The van der Waals surface area contributed by atoms with Crippen molar-refractivity contribution in [1.29, 1.82) is 0 Å². The number of benzene rings is 1. The van der Waals surface area contributed by atoms with Gasteiger partial charge < -0.3 is 15.0 Å². The summed E-state index contributed by atoms with van der Waals surface area (Å²) >= 11 is 0. The number of hydrogen-bond acceptors (Lipinski definition) is 4. The summed E-state index contributed by atoms with van der Waals surface area (Å²) in [6, 6.07) is 7.92. The number of amides is 1. The summed E-state index contributed by atoms with van der Waals surface area (Å²) in [4.78, 5) is 14.4. The van der Waals surface area contributed by atoms with E-state index in [-0.39, 0.29) is 11.8 Å². The molecule has 0 aliphatic carbocycles. The molecule has 1 fully saturated rings. The average molecular weight is 342 g/mol. The van der Waals surface area contributed by atoms with Crippen molar-refractivity contribution < 1.29 is 9.53 Å². The summed E-state index contributed by atoms with van der Waals surface area (Å²) in [5, 5.41) is 7.18. The zero-order valence-electron chi connectivity index (χ0n) is 14.9. The van der Waals surface area contributed by atoms with Gasteiger partial charge >= 0.3 is 0 Å². The Morgan fingerprint density at radius 2 is 2.24 bits per heavy atom. The topological polar surface area (TPSA) is 59.4 Å². The van der Waals surface area contributed by atoms with Gasteiger partial charge in [-0.2, -0.15) is 5.10 Å². The number of nitrogens with one attached hydrogen (secondary N) is 1. The smallest absolute Gasteiger partial charge is 0.224 e. The van der Waals surface area contributed by atoms with E-state index in [0.29, 0.717) is 13.2 Å². The Bertz CT molecular complexity index is 713. The van der Waals surface area contributed by atoms with Crippen molar-refractivity contribution in [2.24, 2.45) is 13.0 Å². The van der Waals surface area contributed by atoms with Crippen LogP contribution >= 0.6 is 0 Å². The highest BCUT2D eigenvalue weighted by atomic mass is 16.5. The van der Waals surface area contributed by atoms with Crippen molar-refractivity contribution in [3.05, 3.63) is 36.7 Å². The highest BCUT2D eigenvalue weighted by molar-refractivity contribution is 5.78. The number of piperidine rings is 1. The van der Waals surface area contributed by atoms with Crippen LogP contribution in [0, 0.1) is 5.92 Å². The Morgan fingerprint density at radius 3 is 3.00 bits per heavy atom. The van der Waals surface area contributed by atoms with Crippen LogP contribution in [-0.4, -0.2) is 53.9 Å². The maximum atomic E-state index is 12.2. The molecule has 1 aliphatic heterocycles. The van der Waals surface area contributed by atoms with Gasteiger partial charge in [-0.25, -0.2) is 0 Å². The van der Waals surface area contributed by atoms with Gasteiger partial charge in [0.15, 0.2) is 0 Å². The second kappa shape index (κ2) is 8.16. The van der Waals surface area contributed by atoms with Crippen LogP contribution in [0.25, 0.3) is 11.1 Å². The third-order valence-electron chi connectivity index (χ3n) is 4.54. The van der Waals surface area contributed by atoms with Crippen molar-refractivity contribution in [3.63, 3.8) is 0 Å². The molecule has 1 aliphatic rings. The summed E-state index contributed by atoms with van der Waals surface area (Å²) in [6.45, 7) is 2.92. The summed E-state index contributed by atoms with van der Waals surface area (Å²) in [5.41, 5.74) is 2.13. The zero-order valence-corrected chi connectivity index (χ0v) is 14.9. The average Bonchev–Trinajstić information content (AvgIpc) is 3.05. The minimum atomic E-state index is 0.104. The van der Waals surface area contributed by atoms with Crippen LogP contribution in [0.5, 0.6) is 5.75 Å². The van der Waals surface area contributed by atoms with Crippen LogP contribution < -0.4 is 10.1 Å². The fraction of sp³-hybridized carbons (Fsp3) is 0.474. The number of aromatic nitrogens is 2. The summed E-state index contributed by atoms with van der Waals surface area (Å²) in [6.07, 6.45) is 5.87. The molecule has 1 unspecified atom stereocenters. The number of aryl methyl sites for hydroxylation is 1. The van der Waals surface area contributed by atoms with Gasteiger partial charge in [-0.05, 0) is 44.1 Å². The lowest BCUT2D eigenvalue weighted by atomic mass is 9.98. The molecule has 1 amide bonds. The Morgan fingerprint density at radius 1 is 1.36 bits per heavy atom. The van der Waals surface area contributed by atoms with Gasteiger partial charge in [0.1, 0.15) is 12.4 Å². The van der Waals surface area contributed by atoms with Gasteiger partial charge in [0.05, 0.1) is 18.7 Å². The normalized spacial score (nSPS) is 18.1. The third kappa shape index (κ3) is 4.82. The summed E-state index contributed by atoms with van der Waals surface area (Å²) in [7, 11) is 3.97. The number of ether oxygens (including phenoxy) is 1. The zero-order chi connectivity index (χ0) is 17.6. The molecule has 6 heteroatoms. The van der Waals surface area contributed by atoms with E-state index in [1.165, 1.54) is 0 Å². The summed E-state index contributed by atoms with van der Waals surface area (Å²) < 4.78 is 7.56. The predicted molar refractivity (Wildman–Crippen MR) is 97.4 cm³/mol. The minimum Gasteiger partial charge on any atom is -0.492 e. The van der Waals surface area contributed by atoms with Crippen molar-refractivity contribution in [2.45, 2.75) is 12.8 Å². The van der Waals surface area contributed by atoms with Crippen LogP contribution in [0.15, 0.2) is 36.7 Å². The van der Waals surface area contributed by atoms with Gasteiger partial charge in [0.25, 0.3) is 0 Å². The molecule has 0 bridgehead atoms. The van der Waals surface area contributed by atoms with E-state index in [0.717, 1.165) is 42.8 Å². The number of carbonyl (C=O) groups excluding carboxylic acids is 1. The van der Waals surface area contributed by atoms with Gasteiger partial charge in [-0.15, -0.1) is 0 Å². The second-order valence-corrected chi connectivity index (χ2v) is 6.67. The van der Waals surface area contributed by atoms with E-state index in [4.69, 9.17) is 4.74 Å². The van der Waals surface area contributed by atoms with Crippen molar-refractivity contribution >= 4 is 5.91 Å².